The predicted octanol–water partition coefficient (Wildman–Crippen LogP) is 2.90. The number of hydrogen-bond donors (Lipinski definition) is 0. The maximum absolute atomic E-state index is 6.19. The van der Waals surface area contributed by atoms with Crippen LogP contribution in [0.15, 0.2) is 12.7 Å². The van der Waals surface area contributed by atoms with Gasteiger partial charge in [-0.3, -0.25) is 0 Å². The third kappa shape index (κ3) is 1.16. The van der Waals surface area contributed by atoms with Crippen molar-refractivity contribution in [2.75, 3.05) is 0 Å². The van der Waals surface area contributed by atoms with Crippen LogP contribution < -0.4 is 0 Å². The van der Waals surface area contributed by atoms with Gasteiger partial charge in [-0.2, -0.15) is 0 Å². The highest BCUT2D eigenvalue weighted by Gasteiger charge is 2.67. The molecule has 0 aromatic rings. The summed E-state index contributed by atoms with van der Waals surface area (Å²) in [7, 11) is -0.0531. The van der Waals surface area contributed by atoms with Crippen LogP contribution in [-0.2, 0) is 9.31 Å². The molecule has 3 aliphatic carbocycles. The van der Waals surface area contributed by atoms with Crippen molar-refractivity contribution in [1.82, 2.24) is 0 Å². The second-order valence-electron chi connectivity index (χ2n) is 6.42. The van der Waals surface area contributed by atoms with E-state index in [0.717, 1.165) is 12.2 Å². The van der Waals surface area contributed by atoms with Crippen LogP contribution in [0.25, 0.3) is 0 Å². The number of hydrogen-bond acceptors (Lipinski definition) is 2. The quantitative estimate of drug-likeness (QED) is 0.526. The molecule has 4 atom stereocenters. The SMILES string of the molecule is C=CCB1O[C@@H]2C[C@@H]3C[C@@H](C3(C)C)[C@]2(C)O1. The first-order chi connectivity index (χ1) is 7.48. The third-order valence-electron chi connectivity index (χ3n) is 5.36. The van der Waals surface area contributed by atoms with Crippen LogP contribution in [0.2, 0.25) is 6.32 Å². The van der Waals surface area contributed by atoms with Gasteiger partial charge in [0, 0.05) is 6.32 Å². The Morgan fingerprint density at radius 2 is 2.12 bits per heavy atom. The first kappa shape index (κ1) is 10.9. The summed E-state index contributed by atoms with van der Waals surface area (Å²) < 4.78 is 12.2. The molecule has 0 unspecified atom stereocenters. The van der Waals surface area contributed by atoms with Gasteiger partial charge in [0.2, 0.25) is 0 Å². The molecule has 4 aliphatic rings. The van der Waals surface area contributed by atoms with Gasteiger partial charge in [-0.15, -0.1) is 6.58 Å². The van der Waals surface area contributed by atoms with Gasteiger partial charge < -0.3 is 9.31 Å². The van der Waals surface area contributed by atoms with Crippen LogP contribution in [-0.4, -0.2) is 18.8 Å². The molecule has 1 saturated heterocycles. The normalized spacial score (nSPS) is 48.4. The van der Waals surface area contributed by atoms with Crippen molar-refractivity contribution < 1.29 is 9.31 Å². The minimum Gasteiger partial charge on any atom is -0.405 e. The van der Waals surface area contributed by atoms with E-state index in [0.29, 0.717) is 17.4 Å². The largest absolute Gasteiger partial charge is 0.461 e. The van der Waals surface area contributed by atoms with Crippen LogP contribution in [0.3, 0.4) is 0 Å². The van der Waals surface area contributed by atoms with Gasteiger partial charge in [-0.05, 0) is 37.0 Å². The maximum Gasteiger partial charge on any atom is 0.461 e. The van der Waals surface area contributed by atoms with E-state index in [1.807, 2.05) is 6.08 Å². The summed E-state index contributed by atoms with van der Waals surface area (Å²) in [4.78, 5) is 0. The van der Waals surface area contributed by atoms with Crippen molar-refractivity contribution in [3.63, 3.8) is 0 Å². The molecular weight excluding hydrogens is 199 g/mol. The van der Waals surface area contributed by atoms with Gasteiger partial charge in [-0.25, -0.2) is 0 Å². The highest BCUT2D eigenvalue weighted by atomic mass is 16.7. The molecule has 0 spiro atoms. The second-order valence-corrected chi connectivity index (χ2v) is 6.42. The third-order valence-corrected chi connectivity index (χ3v) is 5.36. The molecule has 0 aromatic carbocycles. The molecule has 2 nitrogen and oxygen atoms in total. The molecule has 1 heterocycles. The van der Waals surface area contributed by atoms with Crippen molar-refractivity contribution in [2.45, 2.75) is 51.6 Å². The summed E-state index contributed by atoms with van der Waals surface area (Å²) in [6, 6.07) is 0. The Labute approximate surface area is 98.5 Å². The molecule has 0 amide bonds. The molecule has 0 N–H and O–H groups in total. The molecular formula is C13H21BO2. The van der Waals surface area contributed by atoms with E-state index in [9.17, 15) is 0 Å². The lowest BCUT2D eigenvalue weighted by atomic mass is 9.43. The van der Waals surface area contributed by atoms with E-state index in [-0.39, 0.29) is 12.7 Å². The number of rotatable bonds is 2. The van der Waals surface area contributed by atoms with Crippen LogP contribution in [0.1, 0.15) is 33.6 Å². The topological polar surface area (TPSA) is 18.5 Å². The molecule has 4 fully saturated rings. The van der Waals surface area contributed by atoms with Gasteiger partial charge in [0.1, 0.15) is 0 Å². The Bertz CT molecular complexity index is 328. The minimum absolute atomic E-state index is 0.0497. The average molecular weight is 220 g/mol. The van der Waals surface area contributed by atoms with E-state index in [1.54, 1.807) is 0 Å². The first-order valence-corrected chi connectivity index (χ1v) is 6.42. The van der Waals surface area contributed by atoms with Crippen LogP contribution in [0, 0.1) is 17.3 Å². The highest BCUT2D eigenvalue weighted by Crippen LogP contribution is 2.65. The van der Waals surface area contributed by atoms with Crippen LogP contribution >= 0.6 is 0 Å². The Hall–Kier alpha value is -0.275. The molecule has 0 radical (unpaired) electrons. The Morgan fingerprint density at radius 3 is 2.75 bits per heavy atom. The fourth-order valence-electron chi connectivity index (χ4n) is 4.19. The Balaban J connectivity index is 1.84. The average Bonchev–Trinajstić information content (AvgIpc) is 2.53. The summed E-state index contributed by atoms with van der Waals surface area (Å²) in [6.45, 7) is 10.8. The van der Waals surface area contributed by atoms with Crippen LogP contribution in [0.5, 0.6) is 0 Å². The van der Waals surface area contributed by atoms with Crippen molar-refractivity contribution in [3.8, 4) is 0 Å². The van der Waals surface area contributed by atoms with Crippen LogP contribution in [0.4, 0.5) is 0 Å². The van der Waals surface area contributed by atoms with E-state index in [2.05, 4.69) is 27.4 Å². The summed E-state index contributed by atoms with van der Waals surface area (Å²) in [6.07, 6.45) is 5.51. The zero-order chi connectivity index (χ0) is 11.6. The second kappa shape index (κ2) is 3.14. The molecule has 16 heavy (non-hydrogen) atoms. The fourth-order valence-corrected chi connectivity index (χ4v) is 4.19. The van der Waals surface area contributed by atoms with Crippen molar-refractivity contribution in [2.24, 2.45) is 17.3 Å². The molecule has 88 valence electrons. The monoisotopic (exact) mass is 220 g/mol. The molecule has 3 heteroatoms. The zero-order valence-electron chi connectivity index (χ0n) is 10.5. The highest BCUT2D eigenvalue weighted by molar-refractivity contribution is 6.46. The molecule has 3 saturated carbocycles. The standard InChI is InChI=1S/C13H21BO2/c1-5-6-14-15-11-8-9-7-10(12(9,2)3)13(11,4)16-14/h5,9-11H,1,6-8H2,2-4H3/t9-,10-,11+,13-/m0/s1. The van der Waals surface area contributed by atoms with E-state index in [1.165, 1.54) is 12.8 Å². The lowest BCUT2D eigenvalue weighted by molar-refractivity contribution is -0.199. The molecule has 2 bridgehead atoms. The number of allylic oxidation sites excluding steroid dienone is 1. The van der Waals surface area contributed by atoms with Gasteiger partial charge in [-0.1, -0.05) is 19.9 Å². The minimum atomic E-state index is -0.0531. The molecule has 4 rings (SSSR count). The lowest BCUT2D eigenvalue weighted by Crippen LogP contribution is -2.65. The predicted molar refractivity (Wildman–Crippen MR) is 65.1 cm³/mol. The smallest absolute Gasteiger partial charge is 0.405 e. The summed E-state index contributed by atoms with van der Waals surface area (Å²) >= 11 is 0. The Kier molecular flexibility index (Phi) is 2.13. The summed E-state index contributed by atoms with van der Waals surface area (Å²) in [5.74, 6) is 1.50. The lowest BCUT2D eigenvalue weighted by Gasteiger charge is -2.64. The molecule has 0 aromatic heterocycles. The first-order valence-electron chi connectivity index (χ1n) is 6.42. The summed E-state index contributed by atoms with van der Waals surface area (Å²) in [5.41, 5.74) is 0.392. The van der Waals surface area contributed by atoms with Gasteiger partial charge in [0.25, 0.3) is 0 Å². The van der Waals surface area contributed by atoms with Crippen molar-refractivity contribution in [1.29, 1.82) is 0 Å². The van der Waals surface area contributed by atoms with Gasteiger partial charge >= 0.3 is 7.12 Å². The zero-order valence-corrected chi connectivity index (χ0v) is 10.5. The summed E-state index contributed by atoms with van der Waals surface area (Å²) in [5, 5.41) is 0. The van der Waals surface area contributed by atoms with E-state index >= 15 is 0 Å². The van der Waals surface area contributed by atoms with Gasteiger partial charge in [0.05, 0.1) is 11.7 Å². The van der Waals surface area contributed by atoms with Crippen molar-refractivity contribution >= 4 is 7.12 Å². The van der Waals surface area contributed by atoms with Gasteiger partial charge in [0.15, 0.2) is 0 Å². The Morgan fingerprint density at radius 1 is 1.38 bits per heavy atom. The van der Waals surface area contributed by atoms with E-state index < -0.39 is 0 Å². The molecule has 1 aliphatic heterocycles. The van der Waals surface area contributed by atoms with E-state index in [4.69, 9.17) is 9.31 Å². The fraction of sp³-hybridized carbons (Fsp3) is 0.846. The maximum atomic E-state index is 6.19. The van der Waals surface area contributed by atoms with Crippen molar-refractivity contribution in [3.05, 3.63) is 12.7 Å².